The number of carbonyl (C=O) groups excluding carboxylic acids is 2. The Balaban J connectivity index is 1.50. The molecule has 5 heteroatoms. The number of rotatable bonds is 6. The summed E-state index contributed by atoms with van der Waals surface area (Å²) in [6, 6.07) is 19.9. The SMILES string of the molecule is C/C(Cc1ccccc1)=N/NC(=O)CN1C[C@H](c2ccccc2)CC1=O. The highest BCUT2D eigenvalue weighted by Gasteiger charge is 2.31. The van der Waals surface area contributed by atoms with Crippen molar-refractivity contribution in [3.63, 3.8) is 0 Å². The quantitative estimate of drug-likeness (QED) is 0.644. The number of nitrogens with zero attached hydrogens (tertiary/aromatic N) is 2. The Morgan fingerprint density at radius 1 is 1.12 bits per heavy atom. The molecular formula is C21H23N3O2. The molecular weight excluding hydrogens is 326 g/mol. The van der Waals surface area contributed by atoms with Gasteiger partial charge >= 0.3 is 0 Å². The zero-order valence-electron chi connectivity index (χ0n) is 14.9. The highest BCUT2D eigenvalue weighted by Crippen LogP contribution is 2.27. The fourth-order valence-electron chi connectivity index (χ4n) is 3.17. The second-order valence-corrected chi connectivity index (χ2v) is 6.63. The topological polar surface area (TPSA) is 61.8 Å². The monoisotopic (exact) mass is 349 g/mol. The number of amides is 2. The molecule has 1 aliphatic rings. The summed E-state index contributed by atoms with van der Waals surface area (Å²) < 4.78 is 0. The molecule has 2 amide bonds. The van der Waals surface area contributed by atoms with Gasteiger partial charge < -0.3 is 4.90 Å². The largest absolute Gasteiger partial charge is 0.333 e. The van der Waals surface area contributed by atoms with E-state index in [4.69, 9.17) is 0 Å². The minimum Gasteiger partial charge on any atom is -0.333 e. The Kier molecular flexibility index (Phi) is 5.79. The fraction of sp³-hybridized carbons (Fsp3) is 0.286. The minimum atomic E-state index is -0.264. The van der Waals surface area contributed by atoms with Crippen molar-refractivity contribution in [2.45, 2.75) is 25.7 Å². The number of carbonyl (C=O) groups is 2. The predicted octanol–water partition coefficient (Wildman–Crippen LogP) is 2.74. The van der Waals surface area contributed by atoms with Crippen LogP contribution in [0.4, 0.5) is 0 Å². The molecule has 0 spiro atoms. The van der Waals surface area contributed by atoms with E-state index in [1.54, 1.807) is 4.90 Å². The van der Waals surface area contributed by atoms with Gasteiger partial charge in [-0.05, 0) is 18.1 Å². The number of hydrazone groups is 1. The molecule has 2 aromatic carbocycles. The van der Waals surface area contributed by atoms with Crippen LogP contribution in [0.25, 0.3) is 0 Å². The van der Waals surface area contributed by atoms with Gasteiger partial charge in [-0.2, -0.15) is 5.10 Å². The maximum Gasteiger partial charge on any atom is 0.259 e. The van der Waals surface area contributed by atoms with Crippen LogP contribution in [0.2, 0.25) is 0 Å². The maximum atomic E-state index is 12.2. The van der Waals surface area contributed by atoms with Gasteiger partial charge in [0.25, 0.3) is 5.91 Å². The lowest BCUT2D eigenvalue weighted by Gasteiger charge is -2.15. The standard InChI is InChI=1S/C21H23N3O2/c1-16(12-17-8-4-2-5-9-17)22-23-20(25)15-24-14-19(13-21(24)26)18-10-6-3-7-11-18/h2-11,19H,12-15H2,1H3,(H,23,25)/b22-16-/t19-/m1/s1. The minimum absolute atomic E-state index is 0.0130. The molecule has 0 unspecified atom stereocenters. The van der Waals surface area contributed by atoms with E-state index in [1.807, 2.05) is 67.6 Å². The summed E-state index contributed by atoms with van der Waals surface area (Å²) in [7, 11) is 0. The first-order valence-corrected chi connectivity index (χ1v) is 8.80. The van der Waals surface area contributed by atoms with Gasteiger partial charge in [0.15, 0.2) is 0 Å². The lowest BCUT2D eigenvalue weighted by Crippen LogP contribution is -2.36. The summed E-state index contributed by atoms with van der Waals surface area (Å²) in [4.78, 5) is 25.9. The third-order valence-corrected chi connectivity index (χ3v) is 4.49. The molecule has 1 fully saturated rings. The smallest absolute Gasteiger partial charge is 0.259 e. The Morgan fingerprint density at radius 3 is 2.46 bits per heavy atom. The number of nitrogens with one attached hydrogen (secondary N) is 1. The van der Waals surface area contributed by atoms with Crippen molar-refractivity contribution in [3.8, 4) is 0 Å². The fourth-order valence-corrected chi connectivity index (χ4v) is 3.17. The molecule has 0 bridgehead atoms. The van der Waals surface area contributed by atoms with Gasteiger partial charge in [0.2, 0.25) is 5.91 Å². The first-order chi connectivity index (χ1) is 12.6. The van der Waals surface area contributed by atoms with Gasteiger partial charge in [0.1, 0.15) is 6.54 Å². The molecule has 2 aromatic rings. The van der Waals surface area contributed by atoms with Crippen LogP contribution in [-0.4, -0.2) is 35.5 Å². The Morgan fingerprint density at radius 2 is 1.77 bits per heavy atom. The van der Waals surface area contributed by atoms with Gasteiger partial charge in [-0.3, -0.25) is 9.59 Å². The van der Waals surface area contributed by atoms with Gasteiger partial charge in [-0.1, -0.05) is 60.7 Å². The molecule has 0 aliphatic carbocycles. The summed E-state index contributed by atoms with van der Waals surface area (Å²) in [5.41, 5.74) is 5.66. The normalized spacial score (nSPS) is 17.4. The molecule has 0 aromatic heterocycles. The van der Waals surface area contributed by atoms with Crippen molar-refractivity contribution in [1.29, 1.82) is 0 Å². The molecule has 0 saturated carbocycles. The second kappa shape index (κ2) is 8.43. The van der Waals surface area contributed by atoms with E-state index in [9.17, 15) is 9.59 Å². The number of benzene rings is 2. The molecule has 0 radical (unpaired) electrons. The van der Waals surface area contributed by atoms with Crippen molar-refractivity contribution in [2.24, 2.45) is 5.10 Å². The zero-order chi connectivity index (χ0) is 18.4. The molecule has 1 aliphatic heterocycles. The average molecular weight is 349 g/mol. The molecule has 134 valence electrons. The highest BCUT2D eigenvalue weighted by atomic mass is 16.2. The number of hydrogen-bond donors (Lipinski definition) is 1. The average Bonchev–Trinajstić information content (AvgIpc) is 3.02. The third-order valence-electron chi connectivity index (χ3n) is 4.49. The summed E-state index contributed by atoms with van der Waals surface area (Å²) in [5.74, 6) is -0.0988. The van der Waals surface area contributed by atoms with Crippen molar-refractivity contribution < 1.29 is 9.59 Å². The molecule has 5 nitrogen and oxygen atoms in total. The molecule has 26 heavy (non-hydrogen) atoms. The molecule has 1 heterocycles. The van der Waals surface area contributed by atoms with Gasteiger partial charge in [-0.15, -0.1) is 0 Å². The maximum absolute atomic E-state index is 12.2. The van der Waals surface area contributed by atoms with E-state index in [0.717, 1.165) is 16.8 Å². The van der Waals surface area contributed by atoms with Crippen LogP contribution in [0.1, 0.15) is 30.4 Å². The van der Waals surface area contributed by atoms with Crippen LogP contribution in [0.3, 0.4) is 0 Å². The first kappa shape index (κ1) is 17.9. The van der Waals surface area contributed by atoms with Crippen LogP contribution in [0, 0.1) is 0 Å². The lowest BCUT2D eigenvalue weighted by molar-refractivity contribution is -0.133. The van der Waals surface area contributed by atoms with Crippen molar-refractivity contribution >= 4 is 17.5 Å². The second-order valence-electron chi connectivity index (χ2n) is 6.63. The number of likely N-dealkylation sites (tertiary alicyclic amines) is 1. The van der Waals surface area contributed by atoms with Gasteiger partial charge in [0.05, 0.1) is 0 Å². The van der Waals surface area contributed by atoms with E-state index in [-0.39, 0.29) is 24.3 Å². The Hall–Kier alpha value is -2.95. The van der Waals surface area contributed by atoms with Crippen LogP contribution in [0.15, 0.2) is 65.8 Å². The lowest BCUT2D eigenvalue weighted by atomic mass is 9.99. The Labute approximate surface area is 153 Å². The van der Waals surface area contributed by atoms with Crippen LogP contribution in [-0.2, 0) is 16.0 Å². The molecule has 1 N–H and O–H groups in total. The van der Waals surface area contributed by atoms with E-state index in [0.29, 0.717) is 19.4 Å². The van der Waals surface area contributed by atoms with Crippen LogP contribution < -0.4 is 5.43 Å². The highest BCUT2D eigenvalue weighted by molar-refractivity contribution is 5.89. The summed E-state index contributed by atoms with van der Waals surface area (Å²) >= 11 is 0. The molecule has 3 rings (SSSR count). The van der Waals surface area contributed by atoms with Crippen molar-refractivity contribution in [2.75, 3.05) is 13.1 Å². The Bertz CT molecular complexity index is 787. The van der Waals surface area contributed by atoms with Crippen molar-refractivity contribution in [3.05, 3.63) is 71.8 Å². The van der Waals surface area contributed by atoms with E-state index in [2.05, 4.69) is 10.5 Å². The first-order valence-electron chi connectivity index (χ1n) is 8.80. The van der Waals surface area contributed by atoms with Gasteiger partial charge in [-0.25, -0.2) is 5.43 Å². The van der Waals surface area contributed by atoms with E-state index in [1.165, 1.54) is 0 Å². The van der Waals surface area contributed by atoms with Crippen molar-refractivity contribution in [1.82, 2.24) is 10.3 Å². The van der Waals surface area contributed by atoms with E-state index >= 15 is 0 Å². The van der Waals surface area contributed by atoms with E-state index < -0.39 is 0 Å². The van der Waals surface area contributed by atoms with Crippen LogP contribution in [0.5, 0.6) is 0 Å². The molecule has 1 atom stereocenters. The third kappa shape index (κ3) is 4.79. The zero-order valence-corrected chi connectivity index (χ0v) is 14.9. The predicted molar refractivity (Wildman–Crippen MR) is 102 cm³/mol. The summed E-state index contributed by atoms with van der Waals surface area (Å²) in [5, 5.41) is 4.14. The number of hydrogen-bond acceptors (Lipinski definition) is 3. The van der Waals surface area contributed by atoms with Crippen LogP contribution >= 0.6 is 0 Å². The van der Waals surface area contributed by atoms with Gasteiger partial charge in [0, 0.05) is 31.0 Å². The summed E-state index contributed by atoms with van der Waals surface area (Å²) in [6.07, 6.45) is 1.13. The summed E-state index contributed by atoms with van der Waals surface area (Å²) in [6.45, 7) is 2.49. The molecule has 1 saturated heterocycles.